The molecule has 0 aliphatic rings. The van der Waals surface area contributed by atoms with E-state index in [0.29, 0.717) is 11.6 Å². The highest BCUT2D eigenvalue weighted by atomic mass is 32.2. The van der Waals surface area contributed by atoms with Crippen LogP contribution in [0.1, 0.15) is 37.5 Å². The summed E-state index contributed by atoms with van der Waals surface area (Å²) >= 11 is 1.60. The van der Waals surface area contributed by atoms with Crippen LogP contribution in [0, 0.1) is 13.8 Å². The molecule has 0 spiro atoms. The summed E-state index contributed by atoms with van der Waals surface area (Å²) in [6.07, 6.45) is 2.94. The summed E-state index contributed by atoms with van der Waals surface area (Å²) < 4.78 is 4.99. The van der Waals surface area contributed by atoms with Crippen molar-refractivity contribution in [2.24, 2.45) is 0 Å². The molecule has 0 saturated carbocycles. The Morgan fingerprint density at radius 3 is 2.64 bits per heavy atom. The Bertz CT molecular complexity index is 607. The maximum absolute atomic E-state index is 12.5. The largest absolute Gasteiger partial charge is 0.360 e. The number of amides is 1. The Labute approximate surface area is 135 Å². The fourth-order valence-corrected chi connectivity index (χ4v) is 3.12. The Balaban J connectivity index is 2.03. The van der Waals surface area contributed by atoms with Gasteiger partial charge in [-0.1, -0.05) is 42.6 Å². The van der Waals surface area contributed by atoms with Gasteiger partial charge in [0.05, 0.1) is 5.25 Å². The molecule has 22 heavy (non-hydrogen) atoms. The van der Waals surface area contributed by atoms with Crippen LogP contribution in [0.2, 0.25) is 0 Å². The first-order valence-corrected chi connectivity index (χ1v) is 8.44. The number of carbonyl (C=O) groups excluding carboxylic acids is 1. The van der Waals surface area contributed by atoms with Crippen LogP contribution in [0.15, 0.2) is 39.8 Å². The summed E-state index contributed by atoms with van der Waals surface area (Å²) in [4.78, 5) is 13.6. The van der Waals surface area contributed by atoms with Gasteiger partial charge >= 0.3 is 0 Å². The lowest BCUT2D eigenvalue weighted by molar-refractivity contribution is -0.115. The number of carbonyl (C=O) groups is 1. The summed E-state index contributed by atoms with van der Waals surface area (Å²) in [6, 6.07) is 9.99. The third kappa shape index (κ3) is 4.91. The molecule has 0 aliphatic carbocycles. The second-order valence-electron chi connectivity index (χ2n) is 5.37. The number of aryl methyl sites for hydroxylation is 2. The number of anilines is 1. The Morgan fingerprint density at radius 2 is 2.05 bits per heavy atom. The SMILES string of the molecule is CCCCC(Sc1ccc(C)cc1)C(=O)Nc1cc(C)on1. The van der Waals surface area contributed by atoms with Gasteiger partial charge in [0.25, 0.3) is 0 Å². The van der Waals surface area contributed by atoms with E-state index in [1.807, 2.05) is 0 Å². The molecule has 1 atom stereocenters. The molecule has 0 saturated heterocycles. The molecular formula is C17H22N2O2S. The van der Waals surface area contributed by atoms with Crippen LogP contribution in [-0.4, -0.2) is 16.3 Å². The van der Waals surface area contributed by atoms with Gasteiger partial charge in [-0.2, -0.15) is 0 Å². The molecule has 2 aromatic rings. The maximum atomic E-state index is 12.5. The zero-order valence-electron chi connectivity index (χ0n) is 13.3. The average Bonchev–Trinajstić information content (AvgIpc) is 2.90. The molecule has 1 amide bonds. The van der Waals surface area contributed by atoms with Gasteiger partial charge in [-0.15, -0.1) is 11.8 Å². The number of thioether (sulfide) groups is 1. The van der Waals surface area contributed by atoms with Crippen LogP contribution in [0.3, 0.4) is 0 Å². The number of nitrogens with one attached hydrogen (secondary N) is 1. The zero-order valence-corrected chi connectivity index (χ0v) is 14.1. The highest BCUT2D eigenvalue weighted by Crippen LogP contribution is 2.28. The second kappa shape index (κ2) is 8.03. The van der Waals surface area contributed by atoms with Crippen molar-refractivity contribution in [2.75, 3.05) is 5.32 Å². The lowest BCUT2D eigenvalue weighted by atomic mass is 10.2. The van der Waals surface area contributed by atoms with Crippen LogP contribution >= 0.6 is 11.8 Å². The molecule has 1 aromatic heterocycles. The van der Waals surface area contributed by atoms with Crippen LogP contribution in [0.25, 0.3) is 0 Å². The molecule has 0 aliphatic heterocycles. The summed E-state index contributed by atoms with van der Waals surface area (Å²) in [5.74, 6) is 1.15. The van der Waals surface area contributed by atoms with Gasteiger partial charge in [-0.25, -0.2) is 0 Å². The molecule has 0 bridgehead atoms. The molecule has 5 heteroatoms. The summed E-state index contributed by atoms with van der Waals surface area (Å²) in [6.45, 7) is 5.99. The first-order chi connectivity index (χ1) is 10.6. The van der Waals surface area contributed by atoms with Crippen molar-refractivity contribution in [1.82, 2.24) is 5.16 Å². The number of unbranched alkanes of at least 4 members (excludes halogenated alkanes) is 1. The zero-order chi connectivity index (χ0) is 15.9. The number of rotatable bonds is 7. The van der Waals surface area contributed by atoms with Crippen LogP contribution < -0.4 is 5.32 Å². The van der Waals surface area contributed by atoms with E-state index in [9.17, 15) is 4.79 Å². The van der Waals surface area contributed by atoms with Crippen molar-refractivity contribution >= 4 is 23.5 Å². The highest BCUT2D eigenvalue weighted by molar-refractivity contribution is 8.00. The van der Waals surface area contributed by atoms with Crippen LogP contribution in [0.4, 0.5) is 5.82 Å². The lowest BCUT2D eigenvalue weighted by Gasteiger charge is -2.15. The summed E-state index contributed by atoms with van der Waals surface area (Å²) in [7, 11) is 0. The van der Waals surface area contributed by atoms with E-state index < -0.39 is 0 Å². The minimum atomic E-state index is -0.125. The van der Waals surface area contributed by atoms with Crippen molar-refractivity contribution in [3.63, 3.8) is 0 Å². The van der Waals surface area contributed by atoms with E-state index in [-0.39, 0.29) is 11.2 Å². The third-order valence-electron chi connectivity index (χ3n) is 3.29. The van der Waals surface area contributed by atoms with Crippen molar-refractivity contribution in [3.05, 3.63) is 41.7 Å². The monoisotopic (exact) mass is 318 g/mol. The minimum absolute atomic E-state index is 0.0210. The van der Waals surface area contributed by atoms with Crippen LogP contribution in [0.5, 0.6) is 0 Å². The quantitative estimate of drug-likeness (QED) is 0.759. The molecule has 0 fully saturated rings. The Hall–Kier alpha value is -1.75. The van der Waals surface area contributed by atoms with E-state index in [2.05, 4.69) is 48.6 Å². The van der Waals surface area contributed by atoms with Crippen molar-refractivity contribution in [1.29, 1.82) is 0 Å². The predicted molar refractivity (Wildman–Crippen MR) is 90.2 cm³/mol. The topological polar surface area (TPSA) is 55.1 Å². The fraction of sp³-hybridized carbons (Fsp3) is 0.412. The number of nitrogens with zero attached hydrogens (tertiary/aromatic N) is 1. The standard InChI is InChI=1S/C17H22N2O2S/c1-4-5-6-15(22-14-9-7-12(2)8-10-14)17(20)18-16-11-13(3)21-19-16/h7-11,15H,4-6H2,1-3H3,(H,18,19,20). The van der Waals surface area contributed by atoms with Gasteiger partial charge in [-0.05, 0) is 32.4 Å². The fourth-order valence-electron chi connectivity index (χ4n) is 2.05. The molecule has 1 aromatic carbocycles. The first-order valence-electron chi connectivity index (χ1n) is 7.56. The number of hydrogen-bond acceptors (Lipinski definition) is 4. The van der Waals surface area contributed by atoms with Crippen molar-refractivity contribution in [2.45, 2.75) is 50.2 Å². The van der Waals surface area contributed by atoms with Gasteiger partial charge in [-0.3, -0.25) is 4.79 Å². The van der Waals surface area contributed by atoms with Crippen molar-refractivity contribution in [3.8, 4) is 0 Å². The van der Waals surface area contributed by atoms with Crippen LogP contribution in [-0.2, 0) is 4.79 Å². The molecule has 4 nitrogen and oxygen atoms in total. The molecule has 2 rings (SSSR count). The maximum Gasteiger partial charge on any atom is 0.239 e. The smallest absolute Gasteiger partial charge is 0.239 e. The Morgan fingerprint density at radius 1 is 1.32 bits per heavy atom. The molecular weight excluding hydrogens is 296 g/mol. The predicted octanol–water partition coefficient (Wildman–Crippen LogP) is 4.58. The normalized spacial score (nSPS) is 12.1. The average molecular weight is 318 g/mol. The van der Waals surface area contributed by atoms with Gasteiger partial charge in [0.2, 0.25) is 5.91 Å². The molecule has 1 heterocycles. The first kappa shape index (κ1) is 16.6. The summed E-state index contributed by atoms with van der Waals surface area (Å²) in [5, 5.41) is 6.53. The molecule has 0 radical (unpaired) electrons. The van der Waals surface area contributed by atoms with E-state index in [1.165, 1.54) is 5.56 Å². The summed E-state index contributed by atoms with van der Waals surface area (Å²) in [5.41, 5.74) is 1.22. The van der Waals surface area contributed by atoms with Crippen molar-refractivity contribution < 1.29 is 9.32 Å². The minimum Gasteiger partial charge on any atom is -0.360 e. The molecule has 1 N–H and O–H groups in total. The highest BCUT2D eigenvalue weighted by Gasteiger charge is 2.20. The van der Waals surface area contributed by atoms with Gasteiger partial charge in [0.15, 0.2) is 5.82 Å². The van der Waals surface area contributed by atoms with E-state index in [1.54, 1.807) is 24.8 Å². The lowest BCUT2D eigenvalue weighted by Crippen LogP contribution is -2.25. The Kier molecular flexibility index (Phi) is 6.07. The van der Waals surface area contributed by atoms with Gasteiger partial charge in [0, 0.05) is 11.0 Å². The number of benzene rings is 1. The molecule has 1 unspecified atom stereocenters. The van der Waals surface area contributed by atoms with E-state index in [0.717, 1.165) is 24.2 Å². The van der Waals surface area contributed by atoms with E-state index >= 15 is 0 Å². The van der Waals surface area contributed by atoms with Gasteiger partial charge < -0.3 is 9.84 Å². The van der Waals surface area contributed by atoms with E-state index in [4.69, 9.17) is 4.52 Å². The number of hydrogen-bond donors (Lipinski definition) is 1. The van der Waals surface area contributed by atoms with Gasteiger partial charge in [0.1, 0.15) is 5.76 Å². The molecule has 118 valence electrons. The number of aromatic nitrogens is 1. The third-order valence-corrected chi connectivity index (χ3v) is 4.57. The second-order valence-corrected chi connectivity index (χ2v) is 6.65.